The Morgan fingerprint density at radius 3 is 2.47 bits per heavy atom. The summed E-state index contributed by atoms with van der Waals surface area (Å²) in [7, 11) is -3.64. The van der Waals surface area contributed by atoms with Crippen molar-refractivity contribution in [3.63, 3.8) is 0 Å². The molecule has 0 aliphatic heterocycles. The summed E-state index contributed by atoms with van der Waals surface area (Å²) in [5.41, 5.74) is 8.19. The summed E-state index contributed by atoms with van der Waals surface area (Å²) in [5, 5.41) is 0.417. The molecule has 3 rings (SSSR count). The van der Waals surface area contributed by atoms with E-state index in [1.165, 1.54) is 0 Å². The van der Waals surface area contributed by atoms with E-state index in [2.05, 4.69) is 4.98 Å². The standard InChI is InChI=1S/C21H23N3O5S/c1-13-6-8-15(9-7-13)18-17(19(22)26)16-12-14(2)20(23-21(16)29-18)24(30(3,27)28)10-4-5-11-25/h6-9,11-12H,4-5,10H2,1-3H3,(H2,22,26). The molecule has 158 valence electrons. The van der Waals surface area contributed by atoms with E-state index in [0.717, 1.165) is 22.4 Å². The number of primary amides is 1. The molecule has 8 nitrogen and oxygen atoms in total. The van der Waals surface area contributed by atoms with E-state index in [1.54, 1.807) is 13.0 Å². The van der Waals surface area contributed by atoms with Gasteiger partial charge in [-0.1, -0.05) is 29.8 Å². The van der Waals surface area contributed by atoms with Gasteiger partial charge in [-0.05, 0) is 31.9 Å². The summed E-state index contributed by atoms with van der Waals surface area (Å²) >= 11 is 0. The van der Waals surface area contributed by atoms with Crippen LogP contribution in [0.15, 0.2) is 34.7 Å². The Morgan fingerprint density at radius 2 is 1.90 bits per heavy atom. The third-order valence-electron chi connectivity index (χ3n) is 4.73. The Morgan fingerprint density at radius 1 is 1.23 bits per heavy atom. The number of benzene rings is 1. The molecule has 0 atom stereocenters. The molecule has 30 heavy (non-hydrogen) atoms. The fraction of sp³-hybridized carbons (Fsp3) is 0.286. The van der Waals surface area contributed by atoms with Crippen LogP contribution in [0.4, 0.5) is 5.82 Å². The van der Waals surface area contributed by atoms with Gasteiger partial charge in [-0.3, -0.25) is 9.10 Å². The quantitative estimate of drug-likeness (QED) is 0.434. The third kappa shape index (κ3) is 4.20. The predicted octanol–water partition coefficient (Wildman–Crippen LogP) is 2.96. The van der Waals surface area contributed by atoms with Crippen LogP contribution < -0.4 is 10.0 Å². The van der Waals surface area contributed by atoms with E-state index in [0.29, 0.717) is 22.9 Å². The van der Waals surface area contributed by atoms with Gasteiger partial charge in [-0.2, -0.15) is 4.98 Å². The summed E-state index contributed by atoms with van der Waals surface area (Å²) < 4.78 is 31.7. The minimum Gasteiger partial charge on any atom is -0.437 e. The molecule has 0 aliphatic rings. The van der Waals surface area contributed by atoms with Gasteiger partial charge < -0.3 is 14.9 Å². The number of hydrogen-bond acceptors (Lipinski definition) is 6. The second-order valence-corrected chi connectivity index (χ2v) is 9.07. The van der Waals surface area contributed by atoms with Crippen LogP contribution in [0.2, 0.25) is 0 Å². The second-order valence-electron chi connectivity index (χ2n) is 7.16. The maximum absolute atomic E-state index is 12.3. The highest BCUT2D eigenvalue weighted by Crippen LogP contribution is 2.35. The molecule has 1 amide bonds. The second kappa shape index (κ2) is 8.27. The first-order valence-electron chi connectivity index (χ1n) is 9.35. The van der Waals surface area contributed by atoms with Gasteiger partial charge in [-0.15, -0.1) is 0 Å². The van der Waals surface area contributed by atoms with Gasteiger partial charge in [0, 0.05) is 18.5 Å². The molecule has 0 fully saturated rings. The Hall–Kier alpha value is -3.20. The maximum Gasteiger partial charge on any atom is 0.253 e. The van der Waals surface area contributed by atoms with Gasteiger partial charge in [0.05, 0.1) is 17.2 Å². The molecule has 0 saturated carbocycles. The number of rotatable bonds is 8. The molecule has 0 aliphatic carbocycles. The van der Waals surface area contributed by atoms with Crippen LogP contribution in [0.1, 0.15) is 34.3 Å². The lowest BCUT2D eigenvalue weighted by atomic mass is 10.0. The zero-order chi connectivity index (χ0) is 22.1. The van der Waals surface area contributed by atoms with Gasteiger partial charge in [0.25, 0.3) is 5.91 Å². The molecule has 2 aromatic heterocycles. The van der Waals surface area contributed by atoms with E-state index in [4.69, 9.17) is 10.2 Å². The summed E-state index contributed by atoms with van der Waals surface area (Å²) in [6.07, 6.45) is 2.41. The minimum atomic E-state index is -3.64. The number of aldehydes is 1. The van der Waals surface area contributed by atoms with Crippen LogP contribution in [0.3, 0.4) is 0 Å². The van der Waals surface area contributed by atoms with E-state index in [9.17, 15) is 18.0 Å². The van der Waals surface area contributed by atoms with E-state index in [1.807, 2.05) is 31.2 Å². The Labute approximate surface area is 174 Å². The number of unbranched alkanes of at least 4 members (excludes halogenated alkanes) is 1. The average Bonchev–Trinajstić information content (AvgIpc) is 3.03. The smallest absolute Gasteiger partial charge is 0.253 e. The highest BCUT2D eigenvalue weighted by atomic mass is 32.2. The van der Waals surface area contributed by atoms with E-state index >= 15 is 0 Å². The number of nitrogens with zero attached hydrogens (tertiary/aromatic N) is 2. The summed E-state index contributed by atoms with van der Waals surface area (Å²) in [6, 6.07) is 9.05. The van der Waals surface area contributed by atoms with Crippen molar-refractivity contribution in [3.8, 4) is 11.3 Å². The first-order valence-corrected chi connectivity index (χ1v) is 11.2. The molecule has 2 N–H and O–H groups in total. The molecule has 3 aromatic rings. The molecule has 1 aromatic carbocycles. The molecular formula is C21H23N3O5S. The van der Waals surface area contributed by atoms with Crippen molar-refractivity contribution in [1.82, 2.24) is 4.98 Å². The first-order chi connectivity index (χ1) is 14.1. The highest BCUT2D eigenvalue weighted by Gasteiger charge is 2.26. The molecule has 0 spiro atoms. The molecule has 2 heterocycles. The predicted molar refractivity (Wildman–Crippen MR) is 115 cm³/mol. The van der Waals surface area contributed by atoms with Gasteiger partial charge in [0.1, 0.15) is 17.9 Å². The van der Waals surface area contributed by atoms with Gasteiger partial charge in [0.15, 0.2) is 0 Å². The number of hydrogen-bond donors (Lipinski definition) is 1. The Bertz CT molecular complexity index is 1210. The molecule has 0 bridgehead atoms. The normalized spacial score (nSPS) is 11.6. The lowest BCUT2D eigenvalue weighted by Crippen LogP contribution is -2.32. The maximum atomic E-state index is 12.3. The molecule has 0 unspecified atom stereocenters. The van der Waals surface area contributed by atoms with Crippen molar-refractivity contribution in [2.45, 2.75) is 26.7 Å². The lowest BCUT2D eigenvalue weighted by molar-refractivity contribution is -0.107. The number of aryl methyl sites for hydroxylation is 2. The number of carbonyl (C=O) groups is 2. The van der Waals surface area contributed by atoms with Crippen LogP contribution in [-0.2, 0) is 14.8 Å². The number of anilines is 1. The summed E-state index contributed by atoms with van der Waals surface area (Å²) in [6.45, 7) is 3.74. The fourth-order valence-electron chi connectivity index (χ4n) is 3.27. The number of fused-ring (bicyclic) bond motifs is 1. The topological polar surface area (TPSA) is 124 Å². The van der Waals surface area contributed by atoms with Crippen molar-refractivity contribution in [2.24, 2.45) is 5.73 Å². The van der Waals surface area contributed by atoms with Gasteiger partial charge >= 0.3 is 0 Å². The molecule has 0 saturated heterocycles. The number of sulfonamides is 1. The zero-order valence-corrected chi connectivity index (χ0v) is 17.8. The van der Waals surface area contributed by atoms with E-state index in [-0.39, 0.29) is 35.8 Å². The largest absolute Gasteiger partial charge is 0.437 e. The van der Waals surface area contributed by atoms with Crippen LogP contribution in [0.25, 0.3) is 22.4 Å². The monoisotopic (exact) mass is 429 g/mol. The SMILES string of the molecule is Cc1ccc(-c2oc3nc(N(CCCC=O)S(C)(=O)=O)c(C)cc3c2C(N)=O)cc1. The molecule has 0 radical (unpaired) electrons. The first kappa shape index (κ1) is 21.5. The Kier molecular flexibility index (Phi) is 5.93. The third-order valence-corrected chi connectivity index (χ3v) is 5.88. The van der Waals surface area contributed by atoms with Crippen molar-refractivity contribution in [1.29, 1.82) is 0 Å². The van der Waals surface area contributed by atoms with Crippen molar-refractivity contribution >= 4 is 39.1 Å². The van der Waals surface area contributed by atoms with Gasteiger partial charge in [-0.25, -0.2) is 8.42 Å². The number of carbonyl (C=O) groups excluding carboxylic acids is 2. The number of pyridine rings is 1. The molecule has 9 heteroatoms. The minimum absolute atomic E-state index is 0.102. The zero-order valence-electron chi connectivity index (χ0n) is 17.0. The number of amides is 1. The van der Waals surface area contributed by atoms with Crippen LogP contribution in [-0.4, -0.2) is 38.4 Å². The summed E-state index contributed by atoms with van der Waals surface area (Å²) in [4.78, 5) is 27.2. The van der Waals surface area contributed by atoms with Crippen molar-refractivity contribution in [2.75, 3.05) is 17.1 Å². The average molecular weight is 429 g/mol. The van der Waals surface area contributed by atoms with Crippen molar-refractivity contribution in [3.05, 3.63) is 47.0 Å². The number of furan rings is 1. The van der Waals surface area contributed by atoms with Crippen molar-refractivity contribution < 1.29 is 22.4 Å². The summed E-state index contributed by atoms with van der Waals surface area (Å²) in [5.74, 6) is -0.186. The highest BCUT2D eigenvalue weighted by molar-refractivity contribution is 7.92. The number of nitrogens with two attached hydrogens (primary N) is 1. The Balaban J connectivity index is 2.20. The van der Waals surface area contributed by atoms with Gasteiger partial charge in [0.2, 0.25) is 15.7 Å². The van der Waals surface area contributed by atoms with Crippen LogP contribution >= 0.6 is 0 Å². The van der Waals surface area contributed by atoms with E-state index < -0.39 is 15.9 Å². The molecular weight excluding hydrogens is 406 g/mol. The fourth-order valence-corrected chi connectivity index (χ4v) is 4.23. The number of aromatic nitrogens is 1. The lowest BCUT2D eigenvalue weighted by Gasteiger charge is -2.22. The van der Waals surface area contributed by atoms with Crippen LogP contribution in [0.5, 0.6) is 0 Å². The van der Waals surface area contributed by atoms with Crippen LogP contribution in [0, 0.1) is 13.8 Å².